The van der Waals surface area contributed by atoms with Crippen LogP contribution in [0.15, 0.2) is 34.9 Å². The zero-order valence-electron chi connectivity index (χ0n) is 19.0. The van der Waals surface area contributed by atoms with Crippen molar-refractivity contribution in [2.24, 2.45) is 17.6 Å². The fraction of sp³-hybridized carbons (Fsp3) is 0.440. The lowest BCUT2D eigenvalue weighted by Gasteiger charge is -2.06. The molecule has 4 N–H and O–H groups in total. The monoisotopic (exact) mass is 447 g/mol. The van der Waals surface area contributed by atoms with Gasteiger partial charge in [0.1, 0.15) is 28.6 Å². The third-order valence-electron chi connectivity index (χ3n) is 6.92. The van der Waals surface area contributed by atoms with Crippen molar-refractivity contribution in [3.05, 3.63) is 52.9 Å². The number of primary amides is 1. The van der Waals surface area contributed by atoms with Crippen molar-refractivity contribution >= 4 is 17.5 Å². The minimum absolute atomic E-state index is 0.00953. The number of ketones is 1. The number of hydrogen-bond donors (Lipinski definition) is 2. The number of carbonyl (C=O) groups excluding carboxylic acids is 2. The van der Waals surface area contributed by atoms with E-state index in [1.165, 1.54) is 19.3 Å². The molecule has 2 heterocycles. The van der Waals surface area contributed by atoms with Gasteiger partial charge < -0.3 is 16.0 Å². The predicted molar refractivity (Wildman–Crippen MR) is 123 cm³/mol. The fourth-order valence-corrected chi connectivity index (χ4v) is 5.11. The van der Waals surface area contributed by atoms with Gasteiger partial charge in [0.25, 0.3) is 5.91 Å². The molecular weight excluding hydrogens is 418 g/mol. The van der Waals surface area contributed by atoms with E-state index in [2.05, 4.69) is 10.3 Å². The van der Waals surface area contributed by atoms with E-state index in [4.69, 9.17) is 16.0 Å². The molecule has 2 aliphatic carbocycles. The zero-order valence-corrected chi connectivity index (χ0v) is 19.0. The Hall–Kier alpha value is -3.42. The molecule has 8 heteroatoms. The predicted octanol–water partition coefficient (Wildman–Crippen LogP) is 3.67. The van der Waals surface area contributed by atoms with Crippen LogP contribution in [0.1, 0.15) is 72.4 Å². The molecule has 0 spiro atoms. The van der Waals surface area contributed by atoms with Crippen molar-refractivity contribution in [2.45, 2.75) is 57.9 Å². The van der Waals surface area contributed by atoms with Gasteiger partial charge in [-0.25, -0.2) is 4.68 Å². The average Bonchev–Trinajstić information content (AvgIpc) is 3.12. The Morgan fingerprint density at radius 3 is 2.45 bits per heavy atom. The molecule has 0 radical (unpaired) electrons. The number of hydrogen-bond acceptors (Lipinski definition) is 6. The summed E-state index contributed by atoms with van der Waals surface area (Å²) in [7, 11) is 0. The number of amides is 1. The first-order chi connectivity index (χ1) is 15.8. The topological polar surface area (TPSA) is 130 Å². The van der Waals surface area contributed by atoms with E-state index >= 15 is 0 Å². The molecule has 2 aromatic heterocycles. The summed E-state index contributed by atoms with van der Waals surface area (Å²) in [6, 6.07) is 9.33. The number of benzene rings is 1. The minimum Gasteiger partial charge on any atom is -0.383 e. The molecule has 3 aromatic rings. The highest BCUT2D eigenvalue weighted by atomic mass is 16.5. The van der Waals surface area contributed by atoms with Crippen molar-refractivity contribution < 1.29 is 14.1 Å². The van der Waals surface area contributed by atoms with Crippen LogP contribution in [0.5, 0.6) is 0 Å². The van der Waals surface area contributed by atoms with Gasteiger partial charge in [0.2, 0.25) is 0 Å². The van der Waals surface area contributed by atoms with Crippen LogP contribution in [0.3, 0.4) is 0 Å². The first-order valence-electron chi connectivity index (χ1n) is 11.5. The molecule has 5 rings (SSSR count). The molecule has 2 saturated carbocycles. The van der Waals surface area contributed by atoms with Crippen LogP contribution in [-0.2, 0) is 17.6 Å². The molecule has 1 amide bonds. The fourth-order valence-electron chi connectivity index (χ4n) is 5.11. The molecule has 2 aliphatic rings. The SMILES string of the molecule is CC(C)n1nc(-c2ccc(CC(=O)Cc3cc(C4CC5CC5C4)no3)cc2)c(C(N)=O)c1N. The van der Waals surface area contributed by atoms with Crippen LogP contribution in [0, 0.1) is 11.8 Å². The maximum atomic E-state index is 12.6. The van der Waals surface area contributed by atoms with Gasteiger partial charge in [0.05, 0.1) is 12.1 Å². The van der Waals surface area contributed by atoms with E-state index in [0.717, 1.165) is 28.7 Å². The highest BCUT2D eigenvalue weighted by Crippen LogP contribution is 2.57. The maximum absolute atomic E-state index is 12.6. The second-order valence-corrected chi connectivity index (χ2v) is 9.74. The van der Waals surface area contributed by atoms with Gasteiger partial charge in [-0.15, -0.1) is 0 Å². The highest BCUT2D eigenvalue weighted by Gasteiger charge is 2.46. The quantitative estimate of drug-likeness (QED) is 0.542. The molecule has 2 atom stereocenters. The summed E-state index contributed by atoms with van der Waals surface area (Å²) in [6.07, 6.45) is 4.30. The zero-order chi connectivity index (χ0) is 23.3. The van der Waals surface area contributed by atoms with E-state index in [9.17, 15) is 9.59 Å². The molecule has 1 aromatic carbocycles. The standard InChI is InChI=1S/C25H29N5O3/c1-13(2)30-24(26)22(25(27)32)23(28-30)15-5-3-14(4-6-15)7-19(31)11-20-12-21(29-33-20)18-9-16-8-17(16)10-18/h3-6,12-13,16-18H,7-11,26H2,1-2H3,(H2,27,32). The van der Waals surface area contributed by atoms with Crippen LogP contribution in [0.4, 0.5) is 5.82 Å². The maximum Gasteiger partial charge on any atom is 0.254 e. The lowest BCUT2D eigenvalue weighted by atomic mass is 9.98. The summed E-state index contributed by atoms with van der Waals surface area (Å²) in [6.45, 7) is 3.86. The van der Waals surface area contributed by atoms with E-state index in [1.807, 2.05) is 44.2 Å². The third-order valence-corrected chi connectivity index (χ3v) is 6.92. The van der Waals surface area contributed by atoms with Crippen LogP contribution in [0.25, 0.3) is 11.3 Å². The molecule has 172 valence electrons. The number of Topliss-reactive ketones (excluding diaryl/α,β-unsaturated/α-hetero) is 1. The Bertz CT molecular complexity index is 1200. The van der Waals surface area contributed by atoms with Gasteiger partial charge in [-0.05, 0) is 50.5 Å². The average molecular weight is 448 g/mol. The number of rotatable bonds is 8. The van der Waals surface area contributed by atoms with Crippen LogP contribution >= 0.6 is 0 Å². The molecule has 2 fully saturated rings. The number of nitrogens with zero attached hydrogens (tertiary/aromatic N) is 3. The molecule has 0 saturated heterocycles. The number of anilines is 1. The number of aromatic nitrogens is 3. The van der Waals surface area contributed by atoms with Crippen molar-refractivity contribution in [3.8, 4) is 11.3 Å². The molecule has 8 nitrogen and oxygen atoms in total. The number of nitrogens with two attached hydrogens (primary N) is 2. The number of carbonyl (C=O) groups is 2. The van der Waals surface area contributed by atoms with Crippen molar-refractivity contribution in [2.75, 3.05) is 5.73 Å². The molecule has 0 aliphatic heterocycles. The van der Waals surface area contributed by atoms with Gasteiger partial charge in [-0.2, -0.15) is 5.10 Å². The molecular formula is C25H29N5O3. The Morgan fingerprint density at radius 1 is 1.12 bits per heavy atom. The second kappa shape index (κ2) is 8.17. The lowest BCUT2D eigenvalue weighted by molar-refractivity contribution is -0.118. The van der Waals surface area contributed by atoms with Crippen molar-refractivity contribution in [1.82, 2.24) is 14.9 Å². The third kappa shape index (κ3) is 4.17. The first-order valence-corrected chi connectivity index (χ1v) is 11.5. The van der Waals surface area contributed by atoms with E-state index < -0.39 is 5.91 Å². The highest BCUT2D eigenvalue weighted by molar-refractivity contribution is 6.03. The van der Waals surface area contributed by atoms with Crippen molar-refractivity contribution in [1.29, 1.82) is 0 Å². The van der Waals surface area contributed by atoms with Gasteiger partial charge in [-0.1, -0.05) is 29.4 Å². The van der Waals surface area contributed by atoms with Crippen molar-refractivity contribution in [3.63, 3.8) is 0 Å². The van der Waals surface area contributed by atoms with E-state index in [-0.39, 0.29) is 36.0 Å². The summed E-state index contributed by atoms with van der Waals surface area (Å²) in [5.41, 5.74) is 14.9. The number of fused-ring (bicyclic) bond motifs is 1. The van der Waals surface area contributed by atoms with Crippen LogP contribution < -0.4 is 11.5 Å². The van der Waals surface area contributed by atoms with Gasteiger partial charge >= 0.3 is 0 Å². The van der Waals surface area contributed by atoms with Gasteiger partial charge in [-0.3, -0.25) is 9.59 Å². The normalized spacial score (nSPS) is 21.4. The second-order valence-electron chi connectivity index (χ2n) is 9.74. The Balaban J connectivity index is 1.25. The number of nitrogen functional groups attached to an aromatic ring is 1. The summed E-state index contributed by atoms with van der Waals surface area (Å²) in [5.74, 6) is 2.59. The Labute approximate surface area is 192 Å². The van der Waals surface area contributed by atoms with Gasteiger partial charge in [0.15, 0.2) is 0 Å². The Kier molecular flexibility index (Phi) is 5.31. The molecule has 33 heavy (non-hydrogen) atoms. The minimum atomic E-state index is -0.616. The van der Waals surface area contributed by atoms with Crippen LogP contribution in [-0.4, -0.2) is 26.6 Å². The summed E-state index contributed by atoms with van der Waals surface area (Å²) in [4.78, 5) is 24.6. The summed E-state index contributed by atoms with van der Waals surface area (Å²) >= 11 is 0. The van der Waals surface area contributed by atoms with E-state index in [1.54, 1.807) is 4.68 Å². The molecule has 0 bridgehead atoms. The van der Waals surface area contributed by atoms with E-state index in [0.29, 0.717) is 17.4 Å². The lowest BCUT2D eigenvalue weighted by Crippen LogP contribution is -2.15. The first kappa shape index (κ1) is 21.4. The van der Waals surface area contributed by atoms with Gasteiger partial charge in [0, 0.05) is 30.0 Å². The largest absolute Gasteiger partial charge is 0.383 e. The Morgan fingerprint density at radius 2 is 1.82 bits per heavy atom. The summed E-state index contributed by atoms with van der Waals surface area (Å²) in [5, 5.41) is 8.71. The molecule has 2 unspecified atom stereocenters. The smallest absolute Gasteiger partial charge is 0.254 e. The summed E-state index contributed by atoms with van der Waals surface area (Å²) < 4.78 is 7.03. The van der Waals surface area contributed by atoms with Crippen LogP contribution in [0.2, 0.25) is 0 Å².